The van der Waals surface area contributed by atoms with Gasteiger partial charge < -0.3 is 9.97 Å². The Morgan fingerprint density at radius 2 is 2.07 bits per heavy atom. The molecule has 3 aromatic rings. The Morgan fingerprint density at radius 3 is 2.93 bits per heavy atom. The predicted molar refractivity (Wildman–Crippen MR) is 61.4 cm³/mol. The van der Waals surface area contributed by atoms with E-state index in [-0.39, 0.29) is 5.43 Å². The largest absolute Gasteiger partial charge is 0.352 e. The summed E-state index contributed by atoms with van der Waals surface area (Å²) in [7, 11) is 0. The van der Waals surface area contributed by atoms with Gasteiger partial charge in [-0.25, -0.2) is 0 Å². The van der Waals surface area contributed by atoms with Crippen LogP contribution in [0.2, 0.25) is 5.15 Å². The smallest absolute Gasteiger partial charge is 0.188 e. The van der Waals surface area contributed by atoms with E-state index in [1.165, 1.54) is 0 Å². The molecule has 15 heavy (non-hydrogen) atoms. The van der Waals surface area contributed by atoms with Crippen molar-refractivity contribution in [2.75, 3.05) is 0 Å². The van der Waals surface area contributed by atoms with Crippen LogP contribution < -0.4 is 5.43 Å². The summed E-state index contributed by atoms with van der Waals surface area (Å²) in [5.41, 5.74) is 1.61. The molecule has 1 aromatic carbocycles. The van der Waals surface area contributed by atoms with Gasteiger partial charge in [-0.1, -0.05) is 17.7 Å². The lowest BCUT2D eigenvalue weighted by Crippen LogP contribution is -1.95. The van der Waals surface area contributed by atoms with E-state index in [1.807, 2.05) is 12.1 Å². The van der Waals surface area contributed by atoms with Crippen molar-refractivity contribution in [1.29, 1.82) is 0 Å². The zero-order valence-electron chi connectivity index (χ0n) is 7.67. The molecule has 3 rings (SSSR count). The lowest BCUT2D eigenvalue weighted by molar-refractivity contribution is 1.35. The molecule has 0 radical (unpaired) electrons. The lowest BCUT2D eigenvalue weighted by atomic mass is 10.2. The molecule has 0 aliphatic heterocycles. The van der Waals surface area contributed by atoms with Gasteiger partial charge in [0.05, 0.1) is 16.4 Å². The molecule has 0 spiro atoms. The van der Waals surface area contributed by atoms with E-state index in [4.69, 9.17) is 11.6 Å². The Balaban J connectivity index is 2.71. The molecule has 0 saturated heterocycles. The first-order chi connectivity index (χ1) is 7.27. The minimum Gasteiger partial charge on any atom is -0.352 e. The molecule has 2 heterocycles. The maximum Gasteiger partial charge on any atom is 0.188 e. The normalized spacial score (nSPS) is 11.3. The standard InChI is InChI=1S/C11H7ClN2O/c12-11-10-6(4-5-13-11)9-7(14-10)2-1-3-8(9)15/h1-5,13-14H. The van der Waals surface area contributed by atoms with Gasteiger partial charge >= 0.3 is 0 Å². The number of benzene rings is 1. The summed E-state index contributed by atoms with van der Waals surface area (Å²) in [4.78, 5) is 17.7. The Morgan fingerprint density at radius 1 is 1.20 bits per heavy atom. The molecule has 4 heteroatoms. The number of aromatic nitrogens is 2. The van der Waals surface area contributed by atoms with E-state index in [0.29, 0.717) is 10.5 Å². The van der Waals surface area contributed by atoms with Crippen molar-refractivity contribution in [2.45, 2.75) is 0 Å². The Hall–Kier alpha value is -1.74. The molecule has 0 unspecified atom stereocenters. The van der Waals surface area contributed by atoms with Crippen LogP contribution in [0, 0.1) is 0 Å². The van der Waals surface area contributed by atoms with Gasteiger partial charge in [-0.3, -0.25) is 4.79 Å². The van der Waals surface area contributed by atoms with Gasteiger partial charge in [-0.05, 0) is 18.2 Å². The maximum atomic E-state index is 11.7. The fourth-order valence-electron chi connectivity index (χ4n) is 1.85. The molecule has 74 valence electrons. The zero-order valence-corrected chi connectivity index (χ0v) is 8.43. The van der Waals surface area contributed by atoms with Crippen molar-refractivity contribution in [3.8, 4) is 0 Å². The minimum absolute atomic E-state index is 0.0148. The number of hydrogen-bond donors (Lipinski definition) is 2. The molecule has 0 aliphatic carbocycles. The van der Waals surface area contributed by atoms with Crippen LogP contribution in [0.1, 0.15) is 0 Å². The van der Waals surface area contributed by atoms with E-state index in [9.17, 15) is 4.79 Å². The number of hydrogen-bond acceptors (Lipinski definition) is 1. The molecule has 0 fully saturated rings. The third-order valence-corrected chi connectivity index (χ3v) is 2.80. The van der Waals surface area contributed by atoms with Gasteiger partial charge in [0.15, 0.2) is 5.43 Å². The molecule has 0 bridgehead atoms. The number of rotatable bonds is 0. The van der Waals surface area contributed by atoms with Crippen molar-refractivity contribution in [3.05, 3.63) is 45.8 Å². The van der Waals surface area contributed by atoms with E-state index in [2.05, 4.69) is 9.97 Å². The second-order valence-corrected chi connectivity index (χ2v) is 3.76. The van der Waals surface area contributed by atoms with Crippen molar-refractivity contribution in [3.63, 3.8) is 0 Å². The Labute approximate surface area is 89.7 Å². The highest BCUT2D eigenvalue weighted by Gasteiger charge is 2.08. The summed E-state index contributed by atoms with van der Waals surface area (Å²) >= 11 is 5.99. The number of H-pyrrole nitrogens is 2. The number of fused-ring (bicyclic) bond motifs is 3. The molecular formula is C11H7ClN2O. The van der Waals surface area contributed by atoms with Crippen LogP contribution in [0.4, 0.5) is 0 Å². The van der Waals surface area contributed by atoms with Crippen LogP contribution in [0.25, 0.3) is 21.8 Å². The molecule has 3 nitrogen and oxygen atoms in total. The third-order valence-electron chi connectivity index (χ3n) is 2.50. The summed E-state index contributed by atoms with van der Waals surface area (Å²) in [6, 6.07) is 7.01. The summed E-state index contributed by atoms with van der Waals surface area (Å²) < 4.78 is 0. The SMILES string of the molecule is O=c1cccc2[nH]c3c(Cl)[nH]ccc3c12. The highest BCUT2D eigenvalue weighted by molar-refractivity contribution is 6.35. The first-order valence-corrected chi connectivity index (χ1v) is 4.93. The second-order valence-electron chi connectivity index (χ2n) is 3.38. The van der Waals surface area contributed by atoms with Gasteiger partial charge in [-0.15, -0.1) is 0 Å². The highest BCUT2D eigenvalue weighted by atomic mass is 35.5. The van der Waals surface area contributed by atoms with Gasteiger partial charge in [0.2, 0.25) is 0 Å². The number of aromatic amines is 2. The first kappa shape index (κ1) is 8.56. The quantitative estimate of drug-likeness (QED) is 0.560. The molecule has 2 aromatic heterocycles. The van der Waals surface area contributed by atoms with Crippen molar-refractivity contribution in [2.24, 2.45) is 0 Å². The van der Waals surface area contributed by atoms with Crippen molar-refractivity contribution >= 4 is 33.4 Å². The average Bonchev–Trinajstić information content (AvgIpc) is 2.59. The monoisotopic (exact) mass is 218 g/mol. The number of pyridine rings is 1. The number of halogens is 1. The summed E-state index contributed by atoms with van der Waals surface area (Å²) in [5, 5.41) is 2.07. The second kappa shape index (κ2) is 2.87. The zero-order chi connectivity index (χ0) is 10.4. The van der Waals surface area contributed by atoms with Gasteiger partial charge in [0, 0.05) is 11.6 Å². The van der Waals surface area contributed by atoms with E-state index in [0.717, 1.165) is 16.4 Å². The Kier molecular flexibility index (Phi) is 1.64. The van der Waals surface area contributed by atoms with Crippen LogP contribution in [-0.4, -0.2) is 9.97 Å². The topological polar surface area (TPSA) is 48.6 Å². The van der Waals surface area contributed by atoms with Gasteiger partial charge in [0.25, 0.3) is 0 Å². The Bertz CT molecular complexity index is 711. The summed E-state index contributed by atoms with van der Waals surface area (Å²) in [6.07, 6.45) is 1.73. The van der Waals surface area contributed by atoms with Crippen LogP contribution in [0.15, 0.2) is 35.3 Å². The summed E-state index contributed by atoms with van der Waals surface area (Å²) in [6.45, 7) is 0. The third kappa shape index (κ3) is 1.10. The van der Waals surface area contributed by atoms with E-state index >= 15 is 0 Å². The van der Waals surface area contributed by atoms with Crippen LogP contribution in [0.5, 0.6) is 0 Å². The van der Waals surface area contributed by atoms with Gasteiger partial charge in [-0.2, -0.15) is 0 Å². The molecule has 0 amide bonds. The fourth-order valence-corrected chi connectivity index (χ4v) is 2.06. The van der Waals surface area contributed by atoms with Crippen LogP contribution in [0.3, 0.4) is 0 Å². The molecule has 0 saturated carbocycles. The molecular weight excluding hydrogens is 212 g/mol. The summed E-state index contributed by atoms with van der Waals surface area (Å²) in [5.74, 6) is 0. The predicted octanol–water partition coefficient (Wildman–Crippen LogP) is 2.66. The molecule has 0 aliphatic rings. The van der Waals surface area contributed by atoms with E-state index in [1.54, 1.807) is 18.3 Å². The fraction of sp³-hybridized carbons (Fsp3) is 0. The minimum atomic E-state index is 0.0148. The maximum absolute atomic E-state index is 11.7. The van der Waals surface area contributed by atoms with Crippen LogP contribution >= 0.6 is 11.6 Å². The number of nitrogens with one attached hydrogen (secondary N) is 2. The van der Waals surface area contributed by atoms with Crippen molar-refractivity contribution in [1.82, 2.24) is 9.97 Å². The first-order valence-electron chi connectivity index (χ1n) is 4.55. The highest BCUT2D eigenvalue weighted by Crippen LogP contribution is 2.26. The van der Waals surface area contributed by atoms with Crippen molar-refractivity contribution < 1.29 is 0 Å². The van der Waals surface area contributed by atoms with Crippen LogP contribution in [-0.2, 0) is 0 Å². The molecule has 2 N–H and O–H groups in total. The van der Waals surface area contributed by atoms with Gasteiger partial charge in [0.1, 0.15) is 5.15 Å². The molecule has 0 atom stereocenters. The van der Waals surface area contributed by atoms with E-state index < -0.39 is 0 Å². The average molecular weight is 219 g/mol. The lowest BCUT2D eigenvalue weighted by Gasteiger charge is -1.92.